The van der Waals surface area contributed by atoms with E-state index in [1.54, 1.807) is 0 Å². The SMILES string of the molecule is Cc1c[nH]c(CN2CCC[C@]3(CCC(=O)N(CCC(C)C)C3)C2)c(C)c1=O. The molecule has 5 heteroatoms. The smallest absolute Gasteiger partial charge is 0.222 e. The number of aryl methyl sites for hydroxylation is 1. The van der Waals surface area contributed by atoms with Gasteiger partial charge >= 0.3 is 0 Å². The summed E-state index contributed by atoms with van der Waals surface area (Å²) in [5.74, 6) is 0.956. The van der Waals surface area contributed by atoms with Crippen molar-refractivity contribution in [3.05, 3.63) is 33.2 Å². The van der Waals surface area contributed by atoms with Crippen LogP contribution in [0.4, 0.5) is 0 Å². The molecule has 27 heavy (non-hydrogen) atoms. The topological polar surface area (TPSA) is 56.4 Å². The highest BCUT2D eigenvalue weighted by Gasteiger charge is 2.41. The van der Waals surface area contributed by atoms with Crippen LogP contribution < -0.4 is 5.43 Å². The van der Waals surface area contributed by atoms with E-state index in [4.69, 9.17) is 0 Å². The first kappa shape index (κ1) is 20.1. The summed E-state index contributed by atoms with van der Waals surface area (Å²) in [5, 5.41) is 0. The molecule has 1 spiro atoms. The largest absolute Gasteiger partial charge is 0.363 e. The third kappa shape index (κ3) is 4.63. The van der Waals surface area contributed by atoms with E-state index in [2.05, 4.69) is 28.6 Å². The van der Waals surface area contributed by atoms with E-state index >= 15 is 0 Å². The van der Waals surface area contributed by atoms with Crippen LogP contribution in [-0.4, -0.2) is 46.9 Å². The molecule has 0 aliphatic carbocycles. The standard InChI is InChI=1S/C22H35N3O2/c1-16(2)7-11-25-15-22(9-6-20(25)26)8-5-10-24(14-22)13-19-18(4)21(27)17(3)12-23-19/h12,16H,5-11,13-15H2,1-4H3,(H,23,27)/t22-/m0/s1. The van der Waals surface area contributed by atoms with Crippen molar-refractivity contribution in [1.82, 2.24) is 14.8 Å². The molecular formula is C22H35N3O2. The van der Waals surface area contributed by atoms with Crippen LogP contribution >= 0.6 is 0 Å². The summed E-state index contributed by atoms with van der Waals surface area (Å²) < 4.78 is 0. The van der Waals surface area contributed by atoms with Crippen molar-refractivity contribution in [3.8, 4) is 0 Å². The van der Waals surface area contributed by atoms with Crippen molar-refractivity contribution in [3.63, 3.8) is 0 Å². The lowest BCUT2D eigenvalue weighted by molar-refractivity contribution is -0.139. The second kappa shape index (κ2) is 8.17. The molecule has 3 rings (SSSR count). The molecule has 1 aromatic rings. The van der Waals surface area contributed by atoms with Crippen molar-refractivity contribution in [2.45, 2.75) is 66.3 Å². The molecule has 1 aromatic heterocycles. The van der Waals surface area contributed by atoms with Gasteiger partial charge < -0.3 is 9.88 Å². The Morgan fingerprint density at radius 1 is 1.19 bits per heavy atom. The molecule has 2 fully saturated rings. The molecule has 1 atom stereocenters. The zero-order valence-electron chi connectivity index (χ0n) is 17.4. The quantitative estimate of drug-likeness (QED) is 0.862. The maximum atomic E-state index is 12.4. The summed E-state index contributed by atoms with van der Waals surface area (Å²) in [6, 6.07) is 0. The summed E-state index contributed by atoms with van der Waals surface area (Å²) in [7, 11) is 0. The Balaban J connectivity index is 1.69. The molecule has 0 aromatic carbocycles. The number of carbonyl (C=O) groups excluding carboxylic acids is 1. The molecule has 2 aliphatic rings. The minimum atomic E-state index is 0.151. The molecule has 0 unspecified atom stereocenters. The molecule has 150 valence electrons. The van der Waals surface area contributed by atoms with Crippen molar-refractivity contribution < 1.29 is 4.79 Å². The summed E-state index contributed by atoms with van der Waals surface area (Å²) in [4.78, 5) is 32.6. The van der Waals surface area contributed by atoms with Gasteiger partial charge in [0.1, 0.15) is 0 Å². The van der Waals surface area contributed by atoms with Crippen molar-refractivity contribution in [2.24, 2.45) is 11.3 Å². The molecular weight excluding hydrogens is 338 g/mol. The Labute approximate surface area is 163 Å². The number of nitrogens with zero attached hydrogens (tertiary/aromatic N) is 2. The Bertz CT molecular complexity index is 740. The number of hydrogen-bond donors (Lipinski definition) is 1. The fourth-order valence-electron chi connectivity index (χ4n) is 4.69. The number of aromatic amines is 1. The van der Waals surface area contributed by atoms with E-state index in [0.29, 0.717) is 18.2 Å². The van der Waals surface area contributed by atoms with E-state index < -0.39 is 0 Å². The number of piperidine rings is 2. The van der Waals surface area contributed by atoms with Gasteiger partial charge in [0.05, 0.1) is 0 Å². The van der Waals surface area contributed by atoms with Crippen LogP contribution in [0.5, 0.6) is 0 Å². The van der Waals surface area contributed by atoms with Crippen LogP contribution in [0.2, 0.25) is 0 Å². The third-order valence-electron chi connectivity index (χ3n) is 6.46. The molecule has 1 amide bonds. The number of hydrogen-bond acceptors (Lipinski definition) is 3. The lowest BCUT2D eigenvalue weighted by Crippen LogP contribution is -2.54. The van der Waals surface area contributed by atoms with Crippen molar-refractivity contribution in [2.75, 3.05) is 26.2 Å². The van der Waals surface area contributed by atoms with Gasteiger partial charge in [-0.25, -0.2) is 0 Å². The Kier molecular flexibility index (Phi) is 6.09. The van der Waals surface area contributed by atoms with Gasteiger partial charge in [-0.1, -0.05) is 13.8 Å². The molecule has 1 N–H and O–H groups in total. The zero-order chi connectivity index (χ0) is 19.6. The number of nitrogens with one attached hydrogen (secondary N) is 1. The minimum Gasteiger partial charge on any atom is -0.363 e. The van der Waals surface area contributed by atoms with Gasteiger partial charge in [0, 0.05) is 61.0 Å². The summed E-state index contributed by atoms with van der Waals surface area (Å²) >= 11 is 0. The predicted octanol–water partition coefficient (Wildman–Crippen LogP) is 3.24. The van der Waals surface area contributed by atoms with Gasteiger partial charge in [-0.2, -0.15) is 0 Å². The van der Waals surface area contributed by atoms with Crippen LogP contribution in [0.15, 0.2) is 11.0 Å². The number of carbonyl (C=O) groups is 1. The van der Waals surface area contributed by atoms with E-state index in [9.17, 15) is 9.59 Å². The van der Waals surface area contributed by atoms with Crippen LogP contribution in [0, 0.1) is 25.2 Å². The highest BCUT2D eigenvalue weighted by atomic mass is 16.2. The first-order valence-corrected chi connectivity index (χ1v) is 10.5. The lowest BCUT2D eigenvalue weighted by Gasteiger charge is -2.48. The second-order valence-corrected chi connectivity index (χ2v) is 9.22. The van der Waals surface area contributed by atoms with Gasteiger partial charge in [-0.05, 0) is 52.0 Å². The molecule has 2 saturated heterocycles. The Hall–Kier alpha value is -1.62. The average Bonchev–Trinajstić information content (AvgIpc) is 2.63. The summed E-state index contributed by atoms with van der Waals surface area (Å²) in [5.41, 5.74) is 3.02. The van der Waals surface area contributed by atoms with Crippen molar-refractivity contribution >= 4 is 5.91 Å². The first-order chi connectivity index (χ1) is 12.8. The normalized spacial score (nSPS) is 24.2. The highest BCUT2D eigenvalue weighted by molar-refractivity contribution is 5.77. The van der Waals surface area contributed by atoms with E-state index in [1.165, 1.54) is 12.8 Å². The van der Waals surface area contributed by atoms with Crippen LogP contribution in [-0.2, 0) is 11.3 Å². The monoisotopic (exact) mass is 373 g/mol. The van der Waals surface area contributed by atoms with Crippen LogP contribution in [0.3, 0.4) is 0 Å². The van der Waals surface area contributed by atoms with Gasteiger partial charge in [0.25, 0.3) is 0 Å². The van der Waals surface area contributed by atoms with Gasteiger partial charge in [-0.3, -0.25) is 14.5 Å². The second-order valence-electron chi connectivity index (χ2n) is 9.22. The van der Waals surface area contributed by atoms with E-state index in [1.807, 2.05) is 20.0 Å². The molecule has 0 saturated carbocycles. The Morgan fingerprint density at radius 3 is 2.70 bits per heavy atom. The van der Waals surface area contributed by atoms with Crippen LogP contribution in [0.25, 0.3) is 0 Å². The molecule has 2 aliphatic heterocycles. The van der Waals surface area contributed by atoms with Crippen LogP contribution in [0.1, 0.15) is 62.8 Å². The predicted molar refractivity (Wildman–Crippen MR) is 109 cm³/mol. The van der Waals surface area contributed by atoms with Gasteiger partial charge in [0.15, 0.2) is 5.43 Å². The van der Waals surface area contributed by atoms with Gasteiger partial charge in [-0.15, -0.1) is 0 Å². The maximum Gasteiger partial charge on any atom is 0.222 e. The third-order valence-corrected chi connectivity index (χ3v) is 6.46. The Morgan fingerprint density at radius 2 is 1.96 bits per heavy atom. The number of H-pyrrole nitrogens is 1. The average molecular weight is 374 g/mol. The first-order valence-electron chi connectivity index (χ1n) is 10.5. The molecule has 0 bridgehead atoms. The number of pyridine rings is 1. The highest BCUT2D eigenvalue weighted by Crippen LogP contribution is 2.39. The van der Waals surface area contributed by atoms with Crippen molar-refractivity contribution in [1.29, 1.82) is 0 Å². The lowest BCUT2D eigenvalue weighted by atomic mass is 9.73. The number of likely N-dealkylation sites (tertiary alicyclic amines) is 2. The number of rotatable bonds is 5. The minimum absolute atomic E-state index is 0.151. The zero-order valence-corrected chi connectivity index (χ0v) is 17.4. The number of amides is 1. The summed E-state index contributed by atoms with van der Waals surface area (Å²) in [6.07, 6.45) is 6.97. The molecule has 0 radical (unpaired) electrons. The fraction of sp³-hybridized carbons (Fsp3) is 0.727. The number of aromatic nitrogens is 1. The van der Waals surface area contributed by atoms with Gasteiger partial charge in [0.2, 0.25) is 5.91 Å². The maximum absolute atomic E-state index is 12.4. The van der Waals surface area contributed by atoms with E-state index in [-0.39, 0.29) is 10.8 Å². The van der Waals surface area contributed by atoms with E-state index in [0.717, 1.165) is 62.4 Å². The fourth-order valence-corrected chi connectivity index (χ4v) is 4.69. The summed E-state index contributed by atoms with van der Waals surface area (Å²) in [6.45, 7) is 12.9. The molecule has 3 heterocycles. The molecule has 5 nitrogen and oxygen atoms in total.